The number of ketones is 1. The van der Waals surface area contributed by atoms with Gasteiger partial charge in [-0.2, -0.15) is 5.48 Å². The topological polar surface area (TPSA) is 72.5 Å². The first-order chi connectivity index (χ1) is 7.59. The van der Waals surface area contributed by atoms with Crippen molar-refractivity contribution in [2.75, 3.05) is 0 Å². The van der Waals surface area contributed by atoms with Crippen molar-refractivity contribution in [1.82, 2.24) is 5.48 Å². The van der Waals surface area contributed by atoms with Gasteiger partial charge in [0.2, 0.25) is 0 Å². The molecule has 0 radical (unpaired) electrons. The summed E-state index contributed by atoms with van der Waals surface area (Å²) in [4.78, 5) is 37.4. The maximum atomic E-state index is 11.3. The summed E-state index contributed by atoms with van der Waals surface area (Å²) in [7, 11) is 0. The first kappa shape index (κ1) is 11.9. The fourth-order valence-electron chi connectivity index (χ4n) is 0.999. The van der Waals surface area contributed by atoms with E-state index < -0.39 is 11.9 Å². The van der Waals surface area contributed by atoms with Gasteiger partial charge < -0.3 is 4.84 Å². The molecule has 0 aliphatic rings. The van der Waals surface area contributed by atoms with Gasteiger partial charge in [-0.05, 0) is 19.1 Å². The number of Topliss-reactive ketones (excluding diaryl/α,β-unsaturated/α-hetero) is 1. The molecule has 0 aromatic heterocycles. The number of nitrogens with one attached hydrogen (secondary N) is 1. The summed E-state index contributed by atoms with van der Waals surface area (Å²) in [6.45, 7) is 1.28. The van der Waals surface area contributed by atoms with E-state index in [1.165, 1.54) is 6.92 Å². The smallest absolute Gasteiger partial charge is 0.335 e. The van der Waals surface area contributed by atoms with E-state index in [0.717, 1.165) is 0 Å². The second-order valence-corrected chi connectivity index (χ2v) is 3.16. The quantitative estimate of drug-likeness (QED) is 0.606. The Hall–Kier alpha value is -2.17. The zero-order valence-electron chi connectivity index (χ0n) is 8.73. The number of hydroxylamine groups is 1. The van der Waals surface area contributed by atoms with Crippen LogP contribution in [0, 0.1) is 0 Å². The van der Waals surface area contributed by atoms with E-state index in [4.69, 9.17) is 0 Å². The van der Waals surface area contributed by atoms with E-state index in [0.29, 0.717) is 5.56 Å². The lowest BCUT2D eigenvalue weighted by atomic mass is 10.2. The van der Waals surface area contributed by atoms with Crippen LogP contribution in [0.3, 0.4) is 0 Å². The van der Waals surface area contributed by atoms with Crippen molar-refractivity contribution in [3.05, 3.63) is 35.9 Å². The molecule has 1 aromatic carbocycles. The Kier molecular flexibility index (Phi) is 4.20. The highest BCUT2D eigenvalue weighted by Crippen LogP contribution is 1.99. The van der Waals surface area contributed by atoms with Crippen LogP contribution in [0.2, 0.25) is 0 Å². The maximum absolute atomic E-state index is 11.3. The first-order valence-corrected chi connectivity index (χ1v) is 4.64. The Bertz CT molecular complexity index is 400. The van der Waals surface area contributed by atoms with Crippen LogP contribution in [0.4, 0.5) is 0 Å². The van der Waals surface area contributed by atoms with Crippen molar-refractivity contribution in [2.24, 2.45) is 0 Å². The standard InChI is InChI=1S/C11H11NO4/c1-8(13)7-10(14)12-16-11(15)9-5-3-2-4-6-9/h2-6H,7H2,1H3,(H,12,14). The predicted octanol–water partition coefficient (Wildman–Crippen LogP) is 0.854. The SMILES string of the molecule is CC(=O)CC(=O)NOC(=O)c1ccccc1. The van der Waals surface area contributed by atoms with Crippen LogP contribution in [0.1, 0.15) is 23.7 Å². The number of carbonyl (C=O) groups is 3. The number of rotatable bonds is 3. The molecule has 1 amide bonds. The zero-order valence-corrected chi connectivity index (χ0v) is 8.73. The molecule has 0 aliphatic heterocycles. The number of hydrogen-bond donors (Lipinski definition) is 1. The van der Waals surface area contributed by atoms with Crippen LogP contribution in [-0.2, 0) is 14.4 Å². The minimum atomic E-state index is -0.669. The Morgan fingerprint density at radius 1 is 1.19 bits per heavy atom. The molecule has 0 atom stereocenters. The summed E-state index contributed by atoms with van der Waals surface area (Å²) >= 11 is 0. The van der Waals surface area contributed by atoms with Crippen LogP contribution >= 0.6 is 0 Å². The molecule has 0 saturated heterocycles. The lowest BCUT2D eigenvalue weighted by Gasteiger charge is -2.04. The second-order valence-electron chi connectivity index (χ2n) is 3.16. The average Bonchev–Trinajstić information content (AvgIpc) is 2.26. The molecule has 16 heavy (non-hydrogen) atoms. The van der Waals surface area contributed by atoms with Crippen LogP contribution < -0.4 is 5.48 Å². The van der Waals surface area contributed by atoms with Gasteiger partial charge in [0.25, 0.3) is 5.91 Å². The fraction of sp³-hybridized carbons (Fsp3) is 0.182. The summed E-state index contributed by atoms with van der Waals surface area (Å²) < 4.78 is 0. The van der Waals surface area contributed by atoms with Crippen LogP contribution in [0.15, 0.2) is 30.3 Å². The Labute approximate surface area is 92.4 Å². The molecule has 1 rings (SSSR count). The van der Waals surface area contributed by atoms with E-state index in [9.17, 15) is 14.4 Å². The number of hydrogen-bond acceptors (Lipinski definition) is 4. The van der Waals surface area contributed by atoms with Crippen LogP contribution in [0.5, 0.6) is 0 Å². The first-order valence-electron chi connectivity index (χ1n) is 4.64. The minimum absolute atomic E-state index is 0.298. The van der Waals surface area contributed by atoms with E-state index in [-0.39, 0.29) is 12.2 Å². The Balaban J connectivity index is 2.42. The summed E-state index contributed by atoms with van der Waals surface area (Å²) in [5.74, 6) is -1.61. The van der Waals surface area contributed by atoms with Crippen molar-refractivity contribution < 1.29 is 19.2 Å². The molecule has 5 nitrogen and oxygen atoms in total. The third-order valence-electron chi connectivity index (χ3n) is 1.68. The fourth-order valence-corrected chi connectivity index (χ4v) is 0.999. The largest absolute Gasteiger partial charge is 0.362 e. The molecule has 1 aromatic rings. The molecule has 1 N–H and O–H groups in total. The van der Waals surface area contributed by atoms with Gasteiger partial charge >= 0.3 is 5.97 Å². The van der Waals surface area contributed by atoms with Gasteiger partial charge in [-0.3, -0.25) is 9.59 Å². The maximum Gasteiger partial charge on any atom is 0.362 e. The minimum Gasteiger partial charge on any atom is -0.335 e. The van der Waals surface area contributed by atoms with Crippen molar-refractivity contribution in [3.8, 4) is 0 Å². The van der Waals surface area contributed by atoms with E-state index in [1.54, 1.807) is 30.3 Å². The normalized spacial score (nSPS) is 9.31. The highest BCUT2D eigenvalue weighted by Gasteiger charge is 2.10. The number of benzene rings is 1. The van der Waals surface area contributed by atoms with Gasteiger partial charge in [-0.25, -0.2) is 4.79 Å². The average molecular weight is 221 g/mol. The monoisotopic (exact) mass is 221 g/mol. The van der Waals surface area contributed by atoms with E-state index in [1.807, 2.05) is 5.48 Å². The third-order valence-corrected chi connectivity index (χ3v) is 1.68. The van der Waals surface area contributed by atoms with E-state index in [2.05, 4.69) is 4.84 Å². The summed E-state index contributed by atoms with van der Waals surface area (Å²) in [5, 5.41) is 0. The Morgan fingerprint density at radius 3 is 2.38 bits per heavy atom. The van der Waals surface area contributed by atoms with Crippen LogP contribution in [-0.4, -0.2) is 17.7 Å². The lowest BCUT2D eigenvalue weighted by Crippen LogP contribution is -2.28. The lowest BCUT2D eigenvalue weighted by molar-refractivity contribution is -0.133. The summed E-state index contributed by atoms with van der Waals surface area (Å²) in [5.41, 5.74) is 2.23. The molecule has 0 saturated carbocycles. The predicted molar refractivity (Wildman–Crippen MR) is 55.3 cm³/mol. The molecule has 5 heteroatoms. The van der Waals surface area contributed by atoms with Crippen molar-refractivity contribution in [1.29, 1.82) is 0 Å². The molecular weight excluding hydrogens is 210 g/mol. The van der Waals surface area contributed by atoms with Crippen molar-refractivity contribution in [2.45, 2.75) is 13.3 Å². The highest BCUT2D eigenvalue weighted by atomic mass is 16.7. The molecule has 0 unspecified atom stereocenters. The van der Waals surface area contributed by atoms with Crippen molar-refractivity contribution in [3.63, 3.8) is 0 Å². The van der Waals surface area contributed by atoms with Gasteiger partial charge in [0.15, 0.2) is 0 Å². The highest BCUT2D eigenvalue weighted by molar-refractivity contribution is 5.97. The number of amides is 1. The zero-order chi connectivity index (χ0) is 12.0. The molecule has 0 spiro atoms. The summed E-state index contributed by atoms with van der Waals surface area (Å²) in [6.07, 6.45) is -0.304. The van der Waals surface area contributed by atoms with Gasteiger partial charge in [-0.1, -0.05) is 18.2 Å². The third kappa shape index (κ3) is 3.91. The van der Waals surface area contributed by atoms with Crippen molar-refractivity contribution >= 4 is 17.7 Å². The molecule has 0 fully saturated rings. The molecule has 0 aliphatic carbocycles. The summed E-state index contributed by atoms with van der Waals surface area (Å²) in [6, 6.07) is 8.21. The van der Waals surface area contributed by atoms with E-state index >= 15 is 0 Å². The van der Waals surface area contributed by atoms with Gasteiger partial charge in [-0.15, -0.1) is 0 Å². The number of carbonyl (C=O) groups excluding carboxylic acids is 3. The van der Waals surface area contributed by atoms with Gasteiger partial charge in [0.1, 0.15) is 5.78 Å². The molecular formula is C11H11NO4. The molecule has 84 valence electrons. The molecule has 0 heterocycles. The van der Waals surface area contributed by atoms with Gasteiger partial charge in [0, 0.05) is 0 Å². The van der Waals surface area contributed by atoms with Crippen LogP contribution in [0.25, 0.3) is 0 Å². The Morgan fingerprint density at radius 2 is 1.81 bits per heavy atom. The second kappa shape index (κ2) is 5.65. The molecule has 0 bridgehead atoms. The van der Waals surface area contributed by atoms with Gasteiger partial charge in [0.05, 0.1) is 12.0 Å².